The van der Waals surface area contributed by atoms with Crippen LogP contribution in [0.15, 0.2) is 34.9 Å². The van der Waals surface area contributed by atoms with E-state index in [4.69, 9.17) is 4.52 Å². The number of rotatable bonds is 4. The van der Waals surface area contributed by atoms with E-state index in [0.717, 1.165) is 18.4 Å². The van der Waals surface area contributed by atoms with Gasteiger partial charge in [0.2, 0.25) is 5.67 Å². The fraction of sp³-hybridized carbons (Fsp3) is 0.500. The number of nitrogens with zero attached hydrogens (tertiary/aromatic N) is 3. The van der Waals surface area contributed by atoms with E-state index < -0.39 is 5.67 Å². The lowest BCUT2D eigenvalue weighted by Crippen LogP contribution is -2.50. The van der Waals surface area contributed by atoms with Crippen LogP contribution in [0, 0.1) is 0 Å². The zero-order valence-corrected chi connectivity index (χ0v) is 13.9. The minimum atomic E-state index is -1.76. The van der Waals surface area contributed by atoms with E-state index in [1.165, 1.54) is 4.90 Å². The number of hydrogen-bond acceptors (Lipinski definition) is 4. The van der Waals surface area contributed by atoms with Crippen LogP contribution in [0.25, 0.3) is 0 Å². The van der Waals surface area contributed by atoms with Gasteiger partial charge in [0.25, 0.3) is 5.89 Å². The number of piperidine rings is 1. The van der Waals surface area contributed by atoms with Crippen molar-refractivity contribution in [2.24, 2.45) is 0 Å². The molecular weight excluding hydrogens is 323 g/mol. The van der Waals surface area contributed by atoms with Crippen molar-refractivity contribution in [3.63, 3.8) is 0 Å². The summed E-state index contributed by atoms with van der Waals surface area (Å²) in [6, 6.07) is 9.37. The van der Waals surface area contributed by atoms with Crippen molar-refractivity contribution in [2.45, 2.75) is 43.8 Å². The fourth-order valence-electron chi connectivity index (χ4n) is 3.17. The molecule has 132 valence electrons. The van der Waals surface area contributed by atoms with Gasteiger partial charge >= 0.3 is 6.03 Å². The third-order valence-corrected chi connectivity index (χ3v) is 4.78. The molecule has 2 fully saturated rings. The second-order valence-corrected chi connectivity index (χ2v) is 6.87. The predicted octanol–water partition coefficient (Wildman–Crippen LogP) is 3.12. The lowest BCUT2D eigenvalue weighted by atomic mass is 9.94. The van der Waals surface area contributed by atoms with E-state index in [2.05, 4.69) is 15.5 Å². The van der Waals surface area contributed by atoms with E-state index >= 15 is 4.39 Å². The minimum absolute atomic E-state index is 0.00922. The first-order chi connectivity index (χ1) is 12.1. The van der Waals surface area contributed by atoms with Gasteiger partial charge in [0.1, 0.15) is 0 Å². The van der Waals surface area contributed by atoms with Crippen LogP contribution in [0.3, 0.4) is 0 Å². The van der Waals surface area contributed by atoms with Crippen molar-refractivity contribution < 1.29 is 13.7 Å². The highest BCUT2D eigenvalue weighted by Crippen LogP contribution is 2.40. The minimum Gasteiger partial charge on any atom is -0.336 e. The van der Waals surface area contributed by atoms with E-state index in [1.54, 1.807) is 0 Å². The van der Waals surface area contributed by atoms with E-state index in [-0.39, 0.29) is 18.5 Å². The number of alkyl halides is 1. The lowest BCUT2D eigenvalue weighted by Gasteiger charge is -2.35. The quantitative estimate of drug-likeness (QED) is 0.925. The Kier molecular flexibility index (Phi) is 4.15. The number of carbonyl (C=O) groups excluding carboxylic acids is 1. The summed E-state index contributed by atoms with van der Waals surface area (Å²) in [4.78, 5) is 18.1. The van der Waals surface area contributed by atoms with Gasteiger partial charge in [-0.05, 0) is 31.2 Å². The molecule has 0 bridgehead atoms. The third kappa shape index (κ3) is 3.50. The highest BCUT2D eigenvalue weighted by Gasteiger charge is 2.44. The number of nitrogens with one attached hydrogen (secondary N) is 1. The second-order valence-electron chi connectivity index (χ2n) is 6.87. The van der Waals surface area contributed by atoms with Crippen molar-refractivity contribution >= 4 is 6.03 Å². The van der Waals surface area contributed by atoms with Gasteiger partial charge in [0.15, 0.2) is 5.82 Å². The Morgan fingerprint density at radius 3 is 2.92 bits per heavy atom. The first-order valence-corrected chi connectivity index (χ1v) is 8.74. The molecule has 0 spiro atoms. The molecule has 1 unspecified atom stereocenters. The number of benzene rings is 1. The normalized spacial score (nSPS) is 23.5. The molecule has 1 aromatic carbocycles. The van der Waals surface area contributed by atoms with Crippen LogP contribution in [0.4, 0.5) is 9.18 Å². The Hall–Kier alpha value is -2.44. The summed E-state index contributed by atoms with van der Waals surface area (Å²) in [5, 5.41) is 6.74. The fourth-order valence-corrected chi connectivity index (χ4v) is 3.17. The predicted molar refractivity (Wildman–Crippen MR) is 88.5 cm³/mol. The highest BCUT2D eigenvalue weighted by molar-refractivity contribution is 5.74. The van der Waals surface area contributed by atoms with Gasteiger partial charge in [0.05, 0.1) is 6.54 Å². The number of hydrogen-bond donors (Lipinski definition) is 1. The Balaban J connectivity index is 1.39. The monoisotopic (exact) mass is 344 g/mol. The van der Waals surface area contributed by atoms with E-state index in [0.29, 0.717) is 37.7 Å². The molecule has 1 atom stereocenters. The average molecular weight is 344 g/mol. The maximum Gasteiger partial charge on any atom is 0.317 e. The summed E-state index contributed by atoms with van der Waals surface area (Å²) in [6.45, 7) is 0.887. The van der Waals surface area contributed by atoms with Crippen LogP contribution in [-0.4, -0.2) is 34.2 Å². The topological polar surface area (TPSA) is 71.3 Å². The van der Waals surface area contributed by atoms with Crippen LogP contribution >= 0.6 is 0 Å². The second kappa shape index (κ2) is 6.46. The van der Waals surface area contributed by atoms with Gasteiger partial charge in [-0.3, -0.25) is 0 Å². The largest absolute Gasteiger partial charge is 0.336 e. The maximum atomic E-state index is 15.4. The number of halogens is 1. The van der Waals surface area contributed by atoms with Gasteiger partial charge in [-0.1, -0.05) is 35.5 Å². The first-order valence-electron chi connectivity index (χ1n) is 8.74. The molecule has 6 nitrogen and oxygen atoms in total. The van der Waals surface area contributed by atoms with Crippen LogP contribution in [-0.2, 0) is 12.2 Å². The molecule has 1 aliphatic carbocycles. The molecule has 0 radical (unpaired) electrons. The summed E-state index contributed by atoms with van der Waals surface area (Å²) in [7, 11) is 0. The molecule has 2 aliphatic rings. The maximum absolute atomic E-state index is 15.4. The summed E-state index contributed by atoms with van der Waals surface area (Å²) < 4.78 is 20.5. The lowest BCUT2D eigenvalue weighted by molar-refractivity contribution is 0.0306. The standard InChI is InChI=1S/C18H21FN4O2/c19-18(16-21-15(22-25-16)14-7-8-14)9-4-10-23(12-18)17(24)20-11-13-5-2-1-3-6-13/h1-3,5-6,14H,4,7-12H2,(H,20,24). The van der Waals surface area contributed by atoms with Crippen molar-refractivity contribution in [3.05, 3.63) is 47.6 Å². The molecule has 2 aromatic rings. The zero-order chi connectivity index (χ0) is 17.3. The van der Waals surface area contributed by atoms with Gasteiger partial charge in [-0.25, -0.2) is 9.18 Å². The van der Waals surface area contributed by atoms with Gasteiger partial charge in [-0.2, -0.15) is 4.98 Å². The van der Waals surface area contributed by atoms with Gasteiger partial charge in [-0.15, -0.1) is 0 Å². The zero-order valence-electron chi connectivity index (χ0n) is 13.9. The Bertz CT molecular complexity index is 747. The Morgan fingerprint density at radius 2 is 2.16 bits per heavy atom. The van der Waals surface area contributed by atoms with Crippen LogP contribution in [0.5, 0.6) is 0 Å². The highest BCUT2D eigenvalue weighted by atomic mass is 19.1. The molecule has 1 N–H and O–H groups in total. The molecule has 4 rings (SSSR count). The van der Waals surface area contributed by atoms with Crippen molar-refractivity contribution in [1.29, 1.82) is 0 Å². The molecular formula is C18H21FN4O2. The summed E-state index contributed by atoms with van der Waals surface area (Å²) in [5.74, 6) is 0.919. The summed E-state index contributed by atoms with van der Waals surface area (Å²) in [6.07, 6.45) is 2.93. The van der Waals surface area contributed by atoms with Crippen molar-refractivity contribution in [2.75, 3.05) is 13.1 Å². The number of carbonyl (C=O) groups is 1. The smallest absolute Gasteiger partial charge is 0.317 e. The molecule has 25 heavy (non-hydrogen) atoms. The van der Waals surface area contributed by atoms with E-state index in [1.807, 2.05) is 30.3 Å². The van der Waals surface area contributed by atoms with Crippen LogP contribution < -0.4 is 5.32 Å². The molecule has 1 saturated carbocycles. The number of urea groups is 1. The van der Waals surface area contributed by atoms with Crippen molar-refractivity contribution in [3.8, 4) is 0 Å². The number of aromatic nitrogens is 2. The number of amides is 2. The number of likely N-dealkylation sites (tertiary alicyclic amines) is 1. The summed E-state index contributed by atoms with van der Waals surface area (Å²) in [5.41, 5.74) is -0.756. The Morgan fingerprint density at radius 1 is 1.36 bits per heavy atom. The van der Waals surface area contributed by atoms with Crippen LogP contribution in [0.1, 0.15) is 48.9 Å². The SMILES string of the molecule is O=C(NCc1ccccc1)N1CCCC(F)(c2nc(C3CC3)no2)C1. The summed E-state index contributed by atoms with van der Waals surface area (Å²) >= 11 is 0. The molecule has 1 aliphatic heterocycles. The molecule has 1 saturated heterocycles. The molecule has 2 amide bonds. The first kappa shape index (κ1) is 16.1. The van der Waals surface area contributed by atoms with Gasteiger partial charge in [0, 0.05) is 19.0 Å². The Labute approximate surface area is 145 Å². The average Bonchev–Trinajstić information content (AvgIpc) is 3.36. The van der Waals surface area contributed by atoms with Crippen molar-refractivity contribution in [1.82, 2.24) is 20.4 Å². The molecule has 7 heteroatoms. The van der Waals surface area contributed by atoms with E-state index in [9.17, 15) is 4.79 Å². The molecule has 1 aromatic heterocycles. The van der Waals surface area contributed by atoms with Gasteiger partial charge < -0.3 is 14.7 Å². The van der Waals surface area contributed by atoms with Crippen LogP contribution in [0.2, 0.25) is 0 Å². The molecule has 2 heterocycles. The third-order valence-electron chi connectivity index (χ3n) is 4.78.